The van der Waals surface area contributed by atoms with Crippen molar-refractivity contribution in [2.24, 2.45) is 11.8 Å². The predicted molar refractivity (Wildman–Crippen MR) is 202 cm³/mol. The second-order valence-electron chi connectivity index (χ2n) is 16.3. The quantitative estimate of drug-likeness (QED) is 0.103. The van der Waals surface area contributed by atoms with Gasteiger partial charge in [0.25, 0.3) is 0 Å². The van der Waals surface area contributed by atoms with E-state index in [0.717, 1.165) is 5.56 Å². The summed E-state index contributed by atoms with van der Waals surface area (Å²) in [6.07, 6.45) is 3.41. The van der Waals surface area contributed by atoms with Crippen molar-refractivity contribution >= 4 is 35.8 Å². The monoisotopic (exact) mass is 715 g/mol. The summed E-state index contributed by atoms with van der Waals surface area (Å²) in [6, 6.07) is 6.77. The average molecular weight is 716 g/mol. The fraction of sp³-hybridized carbons (Fsp3) is 0.512. The zero-order chi connectivity index (χ0) is 37.2. The molecule has 272 valence electrons. The molecule has 1 saturated carbocycles. The number of rotatable bonds is 8. The van der Waals surface area contributed by atoms with Gasteiger partial charge < -0.3 is 23.7 Å². The number of fused-ring (bicyclic) bond motifs is 3. The molecular weight excluding hydrogens is 665 g/mol. The van der Waals surface area contributed by atoms with Crippen LogP contribution in [0.5, 0.6) is 5.75 Å². The van der Waals surface area contributed by atoms with E-state index in [9.17, 15) is 4.79 Å². The molecule has 51 heavy (non-hydrogen) atoms. The summed E-state index contributed by atoms with van der Waals surface area (Å²) in [6.45, 7) is 22.0. The molecule has 2 fully saturated rings. The maximum absolute atomic E-state index is 17.0. The fourth-order valence-electron chi connectivity index (χ4n) is 8.75. The van der Waals surface area contributed by atoms with Crippen LogP contribution in [-0.4, -0.2) is 61.2 Å². The lowest BCUT2D eigenvalue weighted by molar-refractivity contribution is 0.0267. The van der Waals surface area contributed by atoms with E-state index in [1.807, 2.05) is 40.0 Å². The second-order valence-corrected chi connectivity index (χ2v) is 21.9. The van der Waals surface area contributed by atoms with E-state index in [1.54, 1.807) is 23.2 Å². The van der Waals surface area contributed by atoms with E-state index >= 15 is 8.78 Å². The molecule has 2 aliphatic rings. The van der Waals surface area contributed by atoms with Crippen molar-refractivity contribution in [2.75, 3.05) is 27.0 Å². The second kappa shape index (κ2) is 13.6. The third-order valence-corrected chi connectivity index (χ3v) is 17.3. The number of nitrogens with zero attached hydrogens (tertiary/aromatic N) is 3. The molecule has 1 unspecified atom stereocenters. The number of carbonyl (C=O) groups is 1. The Labute approximate surface area is 301 Å². The molecule has 3 atom stereocenters. The van der Waals surface area contributed by atoms with Gasteiger partial charge in [0.1, 0.15) is 30.9 Å². The molecule has 2 aromatic carbocycles. The van der Waals surface area contributed by atoms with E-state index in [1.165, 1.54) is 13.2 Å². The van der Waals surface area contributed by atoms with Crippen molar-refractivity contribution < 1.29 is 27.8 Å². The Balaban J connectivity index is 1.46. The van der Waals surface area contributed by atoms with Crippen molar-refractivity contribution in [1.29, 1.82) is 0 Å². The fourth-order valence-corrected chi connectivity index (χ4v) is 14.0. The van der Waals surface area contributed by atoms with Crippen LogP contribution in [0.3, 0.4) is 0 Å². The number of methoxy groups -OCH3 is 1. The standard InChI is InChI=1S/C41H51F2N3O4Si/c1-23(2)51(24(3)4,25(5)6)15-14-29-33(42)13-12-27-16-28(49-22-48-11)17-30(36(27)29)38-37(43)35-26(7)19-46(34(35)18-44-38)39-31-20-45(21-32(31)39)40(47)50-41(8,9)10/h12-13,16-19,23-25,31-32,39H,20-22H2,1-11H3/t31-,32+,39?. The van der Waals surface area contributed by atoms with Gasteiger partial charge in [0, 0.05) is 60.6 Å². The van der Waals surface area contributed by atoms with Crippen molar-refractivity contribution in [1.82, 2.24) is 14.5 Å². The van der Waals surface area contributed by atoms with Gasteiger partial charge in [0.05, 0.1) is 17.3 Å². The van der Waals surface area contributed by atoms with Crippen LogP contribution in [0.15, 0.2) is 36.7 Å². The molecule has 1 aliphatic heterocycles. The van der Waals surface area contributed by atoms with Crippen LogP contribution < -0.4 is 4.74 Å². The molecule has 0 spiro atoms. The van der Waals surface area contributed by atoms with Crippen LogP contribution in [0, 0.1) is 41.9 Å². The number of benzene rings is 2. The first kappa shape index (κ1) is 36.8. The lowest BCUT2D eigenvalue weighted by atomic mass is 9.95. The lowest BCUT2D eigenvalue weighted by Gasteiger charge is -2.38. The van der Waals surface area contributed by atoms with Crippen molar-refractivity contribution in [3.05, 3.63) is 59.4 Å². The van der Waals surface area contributed by atoms with Crippen LogP contribution in [-0.2, 0) is 9.47 Å². The van der Waals surface area contributed by atoms with Gasteiger partial charge in [-0.25, -0.2) is 13.6 Å². The lowest BCUT2D eigenvalue weighted by Crippen LogP contribution is -2.43. The largest absolute Gasteiger partial charge is 0.468 e. The number of aryl methyl sites for hydroxylation is 1. The van der Waals surface area contributed by atoms with Gasteiger partial charge in [0.2, 0.25) is 0 Å². The number of hydrogen-bond donors (Lipinski definition) is 0. The van der Waals surface area contributed by atoms with Gasteiger partial charge in [-0.15, -0.1) is 5.54 Å². The highest BCUT2D eigenvalue weighted by atomic mass is 28.3. The number of carbonyl (C=O) groups excluding carboxylic acids is 1. The summed E-state index contributed by atoms with van der Waals surface area (Å²) in [5, 5.41) is 1.65. The minimum atomic E-state index is -2.22. The highest BCUT2D eigenvalue weighted by Gasteiger charge is 2.58. The number of ether oxygens (including phenoxy) is 3. The molecule has 0 radical (unpaired) electrons. The Morgan fingerprint density at radius 1 is 1.02 bits per heavy atom. The number of aromatic nitrogens is 2. The average Bonchev–Trinajstić information content (AvgIpc) is 3.33. The molecule has 4 aromatic rings. The molecule has 1 amide bonds. The van der Waals surface area contributed by atoms with Crippen molar-refractivity contribution in [3.8, 4) is 28.5 Å². The van der Waals surface area contributed by atoms with Crippen molar-refractivity contribution in [3.63, 3.8) is 0 Å². The molecule has 6 rings (SSSR count). The first-order valence-electron chi connectivity index (χ1n) is 18.0. The van der Waals surface area contributed by atoms with E-state index in [0.29, 0.717) is 62.7 Å². The molecule has 1 saturated heterocycles. The summed E-state index contributed by atoms with van der Waals surface area (Å²) in [5.41, 5.74) is 6.43. The highest BCUT2D eigenvalue weighted by molar-refractivity contribution is 6.90. The number of halogens is 2. The summed E-state index contributed by atoms with van der Waals surface area (Å²) in [4.78, 5) is 19.2. The third-order valence-electron chi connectivity index (χ3n) is 11.0. The Morgan fingerprint density at radius 2 is 1.67 bits per heavy atom. The first-order valence-corrected chi connectivity index (χ1v) is 20.3. The van der Waals surface area contributed by atoms with Crippen molar-refractivity contribution in [2.45, 2.75) is 97.5 Å². The van der Waals surface area contributed by atoms with Crippen LogP contribution in [0.2, 0.25) is 16.6 Å². The van der Waals surface area contributed by atoms with Crippen LogP contribution >= 0.6 is 0 Å². The molecule has 10 heteroatoms. The third kappa shape index (κ3) is 6.52. The van der Waals surface area contributed by atoms with E-state index in [-0.39, 0.29) is 42.0 Å². The summed E-state index contributed by atoms with van der Waals surface area (Å²) >= 11 is 0. The van der Waals surface area contributed by atoms with E-state index in [2.05, 4.69) is 57.6 Å². The van der Waals surface area contributed by atoms with Gasteiger partial charge >= 0.3 is 6.09 Å². The van der Waals surface area contributed by atoms with Crippen LogP contribution in [0.4, 0.5) is 13.6 Å². The minimum Gasteiger partial charge on any atom is -0.468 e. The Hall–Kier alpha value is -3.94. The zero-order valence-corrected chi connectivity index (χ0v) is 32.8. The molecular formula is C41H51F2N3O4Si. The summed E-state index contributed by atoms with van der Waals surface area (Å²) < 4.78 is 51.8. The minimum absolute atomic E-state index is 0.00390. The molecule has 0 N–H and O–H groups in total. The molecule has 1 aliphatic carbocycles. The zero-order valence-electron chi connectivity index (χ0n) is 31.8. The Kier molecular flexibility index (Phi) is 9.79. The Bertz CT molecular complexity index is 2020. The van der Waals surface area contributed by atoms with Gasteiger partial charge in [-0.3, -0.25) is 4.98 Å². The number of pyridine rings is 1. The number of piperidine rings is 1. The summed E-state index contributed by atoms with van der Waals surface area (Å²) in [5.74, 6) is 3.38. The maximum atomic E-state index is 17.0. The Morgan fingerprint density at radius 3 is 2.25 bits per heavy atom. The normalized spacial score (nSPS) is 18.9. The number of amides is 1. The van der Waals surface area contributed by atoms with E-state index in [4.69, 9.17) is 19.2 Å². The predicted octanol–water partition coefficient (Wildman–Crippen LogP) is 10.0. The SMILES string of the molecule is COCOc1cc(-c2ncc3c(c(C)cn3C3[C@H]4CN(C(=O)OC(C)(C)C)C[C@@H]34)c2F)c2c(C#C[Si](C(C)C)(C(C)C)C(C)C)c(F)ccc2c1. The van der Waals surface area contributed by atoms with Crippen LogP contribution in [0.1, 0.15) is 79.5 Å². The summed E-state index contributed by atoms with van der Waals surface area (Å²) in [7, 11) is -0.691. The van der Waals surface area contributed by atoms with Gasteiger partial charge in [0.15, 0.2) is 12.6 Å². The molecule has 3 heterocycles. The first-order chi connectivity index (χ1) is 24.0. The van der Waals surface area contributed by atoms with E-state index < -0.39 is 25.3 Å². The maximum Gasteiger partial charge on any atom is 0.410 e. The molecule has 0 bridgehead atoms. The number of likely N-dealkylation sites (tertiary alicyclic amines) is 1. The highest BCUT2D eigenvalue weighted by Crippen LogP contribution is 2.57. The van der Waals surface area contributed by atoms with Crippen LogP contribution in [0.25, 0.3) is 32.9 Å². The smallest absolute Gasteiger partial charge is 0.410 e. The molecule has 7 nitrogen and oxygen atoms in total. The molecule has 2 aromatic heterocycles. The topological polar surface area (TPSA) is 65.8 Å². The number of hydrogen-bond acceptors (Lipinski definition) is 5. The van der Waals surface area contributed by atoms with Gasteiger partial charge in [-0.1, -0.05) is 53.5 Å². The van der Waals surface area contributed by atoms with Gasteiger partial charge in [-0.05, 0) is 73.5 Å². The van der Waals surface area contributed by atoms with Gasteiger partial charge in [-0.2, -0.15) is 0 Å².